The van der Waals surface area contributed by atoms with Crippen LogP contribution in [0, 0.1) is 6.92 Å². The summed E-state index contributed by atoms with van der Waals surface area (Å²) < 4.78 is 21.9. The Hall–Kier alpha value is -2.65. The Bertz CT molecular complexity index is 1220. The molecule has 3 aromatic rings. The van der Waals surface area contributed by atoms with E-state index in [9.17, 15) is 13.9 Å². The average Bonchev–Trinajstić information content (AvgIpc) is 3.29. The molecule has 166 valence electrons. The lowest BCUT2D eigenvalue weighted by Gasteiger charge is -2.26. The summed E-state index contributed by atoms with van der Waals surface area (Å²) in [5, 5.41) is 9.38. The third-order valence-electron chi connectivity index (χ3n) is 5.94. The zero-order valence-electron chi connectivity index (χ0n) is 17.5. The van der Waals surface area contributed by atoms with Crippen LogP contribution in [0.25, 0.3) is 11.3 Å². The molecule has 5 rings (SSSR count). The molecule has 0 saturated carbocycles. The number of benzene rings is 2. The van der Waals surface area contributed by atoms with Gasteiger partial charge in [-0.2, -0.15) is 10.6 Å². The molecule has 2 aromatic carbocycles. The Morgan fingerprint density at radius 2 is 1.91 bits per heavy atom. The third kappa shape index (κ3) is 3.84. The maximum Gasteiger partial charge on any atom is 0.224 e. The molecule has 0 spiro atoms. The van der Waals surface area contributed by atoms with E-state index in [-0.39, 0.29) is 29.9 Å². The van der Waals surface area contributed by atoms with Gasteiger partial charge in [0.25, 0.3) is 0 Å². The molecular weight excluding hydrogens is 448 g/mol. The highest BCUT2D eigenvalue weighted by Gasteiger charge is 2.33. The Kier molecular flexibility index (Phi) is 5.33. The van der Waals surface area contributed by atoms with Gasteiger partial charge < -0.3 is 4.90 Å². The summed E-state index contributed by atoms with van der Waals surface area (Å²) in [5.74, 6) is 1.21. The molecule has 2 aliphatic rings. The molecule has 1 fully saturated rings. The van der Waals surface area contributed by atoms with Crippen LogP contribution >= 0.6 is 22.2 Å². The fourth-order valence-corrected chi connectivity index (χ4v) is 5.90. The second-order valence-corrected chi connectivity index (χ2v) is 10.9. The van der Waals surface area contributed by atoms with E-state index in [1.54, 1.807) is 0 Å². The van der Waals surface area contributed by atoms with Gasteiger partial charge >= 0.3 is 0 Å². The van der Waals surface area contributed by atoms with Crippen molar-refractivity contribution < 1.29 is 13.9 Å². The molecule has 0 aliphatic carbocycles. The topological polar surface area (TPSA) is 91.5 Å². The first-order valence-electron chi connectivity index (χ1n) is 10.3. The molecule has 3 heterocycles. The van der Waals surface area contributed by atoms with E-state index in [1.165, 1.54) is 4.90 Å². The summed E-state index contributed by atoms with van der Waals surface area (Å²) in [6.45, 7) is 2.25. The number of rotatable bonds is 3. The van der Waals surface area contributed by atoms with Crippen molar-refractivity contribution in [3.8, 4) is 5.69 Å². The molecule has 0 unspecified atom stereocenters. The molecule has 0 radical (unpaired) electrons. The van der Waals surface area contributed by atoms with Gasteiger partial charge in [0.15, 0.2) is 0 Å². The van der Waals surface area contributed by atoms with Crippen LogP contribution in [-0.2, 0) is 4.79 Å². The van der Waals surface area contributed by atoms with Crippen molar-refractivity contribution in [1.82, 2.24) is 19.7 Å². The van der Waals surface area contributed by atoms with Gasteiger partial charge in [0, 0.05) is 29.5 Å². The summed E-state index contributed by atoms with van der Waals surface area (Å²) in [6.07, 6.45) is 2.24. The predicted octanol–water partition coefficient (Wildman–Crippen LogP) is 4.70. The first kappa shape index (κ1) is 21.2. The molecular formula is C23H23ClN4O3S. The quantitative estimate of drug-likeness (QED) is 0.579. The lowest BCUT2D eigenvalue weighted by atomic mass is 9.92. The summed E-state index contributed by atoms with van der Waals surface area (Å²) in [4.78, 5) is 14.6. The van der Waals surface area contributed by atoms with Crippen molar-refractivity contribution in [3.63, 3.8) is 0 Å². The molecule has 32 heavy (non-hydrogen) atoms. The van der Waals surface area contributed by atoms with Gasteiger partial charge in [-0.3, -0.25) is 18.5 Å². The summed E-state index contributed by atoms with van der Waals surface area (Å²) in [5.41, 5.74) is 3.96. The fourth-order valence-electron chi connectivity index (χ4n) is 4.36. The van der Waals surface area contributed by atoms with Crippen LogP contribution in [-0.4, -0.2) is 52.9 Å². The van der Waals surface area contributed by atoms with Gasteiger partial charge in [0.2, 0.25) is 5.91 Å². The highest BCUT2D eigenvalue weighted by molar-refractivity contribution is 8.24. The number of hydrogen-bond acceptors (Lipinski definition) is 5. The molecule has 2 N–H and O–H groups in total. The van der Waals surface area contributed by atoms with E-state index in [4.69, 9.17) is 11.6 Å². The van der Waals surface area contributed by atoms with Crippen LogP contribution in [0.3, 0.4) is 0 Å². The number of para-hydroxylation sites is 1. The van der Waals surface area contributed by atoms with Gasteiger partial charge in [-0.1, -0.05) is 48.0 Å². The molecule has 7 nitrogen and oxygen atoms in total. The van der Waals surface area contributed by atoms with Crippen molar-refractivity contribution in [2.24, 2.45) is 0 Å². The first-order chi connectivity index (χ1) is 15.3. The van der Waals surface area contributed by atoms with Crippen LogP contribution in [0.15, 0.2) is 54.6 Å². The molecule has 1 amide bonds. The number of aryl methyl sites for hydroxylation is 1. The number of amides is 1. The monoisotopic (exact) mass is 470 g/mol. The molecule has 1 atom stereocenters. The van der Waals surface area contributed by atoms with Crippen LogP contribution < -0.4 is 0 Å². The van der Waals surface area contributed by atoms with Crippen LogP contribution in [0.4, 0.5) is 0 Å². The Labute approximate surface area is 192 Å². The molecule has 0 bridgehead atoms. The number of allylic oxidation sites excluding steroid dienone is 1. The lowest BCUT2D eigenvalue weighted by Crippen LogP contribution is -2.30. The molecule has 1 saturated heterocycles. The van der Waals surface area contributed by atoms with Gasteiger partial charge in [-0.05, 0) is 36.3 Å². The van der Waals surface area contributed by atoms with Crippen molar-refractivity contribution in [3.05, 3.63) is 82.4 Å². The molecule has 9 heteroatoms. The second kappa shape index (κ2) is 8.04. The van der Waals surface area contributed by atoms with Crippen molar-refractivity contribution >= 4 is 33.7 Å². The Morgan fingerprint density at radius 1 is 1.16 bits per heavy atom. The van der Waals surface area contributed by atoms with E-state index in [0.29, 0.717) is 17.4 Å². The Morgan fingerprint density at radius 3 is 2.62 bits per heavy atom. The van der Waals surface area contributed by atoms with E-state index < -0.39 is 10.6 Å². The van der Waals surface area contributed by atoms with Gasteiger partial charge in [-0.25, -0.2) is 0 Å². The van der Waals surface area contributed by atoms with Crippen LogP contribution in [0.5, 0.6) is 0 Å². The van der Waals surface area contributed by atoms with E-state index in [0.717, 1.165) is 28.2 Å². The van der Waals surface area contributed by atoms with Crippen LogP contribution in [0.1, 0.15) is 35.1 Å². The van der Waals surface area contributed by atoms with Gasteiger partial charge in [0.1, 0.15) is 17.5 Å². The minimum atomic E-state index is -2.70. The standard InChI is InChI=1S/C23H23ClN4O3S/c1-15-25-26-23-17(13-22(29)27-10-11-32(30,31)14-27)12-20(16-6-8-18(24)9-7-16)19-4-2-3-5-21(19)28(15)23/h2-9,12,17,30-31H,10-11,13-14H2,1H3/t17-/m0/s1. The van der Waals surface area contributed by atoms with E-state index >= 15 is 0 Å². The highest BCUT2D eigenvalue weighted by Crippen LogP contribution is 2.44. The zero-order valence-corrected chi connectivity index (χ0v) is 19.1. The number of carbonyl (C=O) groups excluding carboxylic acids is 1. The van der Waals surface area contributed by atoms with Crippen molar-refractivity contribution in [2.45, 2.75) is 19.3 Å². The summed E-state index contributed by atoms with van der Waals surface area (Å²) >= 11 is 6.12. The van der Waals surface area contributed by atoms with E-state index in [1.807, 2.05) is 54.0 Å². The van der Waals surface area contributed by atoms with Gasteiger partial charge in [0.05, 0.1) is 11.4 Å². The van der Waals surface area contributed by atoms with Crippen molar-refractivity contribution in [2.75, 3.05) is 18.2 Å². The minimum Gasteiger partial charge on any atom is -0.324 e. The molecule has 1 aromatic heterocycles. The smallest absolute Gasteiger partial charge is 0.224 e. The third-order valence-corrected chi connectivity index (χ3v) is 7.75. The highest BCUT2D eigenvalue weighted by atomic mass is 35.5. The summed E-state index contributed by atoms with van der Waals surface area (Å²) in [6, 6.07) is 15.7. The minimum absolute atomic E-state index is 0.00173. The first-order valence-corrected chi connectivity index (χ1v) is 12.6. The number of carbonyl (C=O) groups is 1. The second-order valence-electron chi connectivity index (χ2n) is 8.15. The predicted molar refractivity (Wildman–Crippen MR) is 126 cm³/mol. The van der Waals surface area contributed by atoms with Gasteiger partial charge in [-0.15, -0.1) is 10.2 Å². The van der Waals surface area contributed by atoms with E-state index in [2.05, 4.69) is 22.3 Å². The maximum absolute atomic E-state index is 13.1. The largest absolute Gasteiger partial charge is 0.324 e. The normalized spacial score (nSPS) is 20.2. The zero-order chi connectivity index (χ0) is 22.5. The molecule has 2 aliphatic heterocycles. The Balaban J connectivity index is 1.61. The number of nitrogens with zero attached hydrogens (tertiary/aromatic N) is 4. The maximum atomic E-state index is 13.1. The fraction of sp³-hybridized carbons (Fsp3) is 0.261. The number of halogens is 1. The average molecular weight is 471 g/mol. The number of fused-ring (bicyclic) bond motifs is 3. The van der Waals surface area contributed by atoms with Crippen molar-refractivity contribution in [1.29, 1.82) is 0 Å². The number of aromatic nitrogens is 3. The SMILES string of the molecule is Cc1nnc2n1-c1ccccc1C(c1ccc(Cl)cc1)=C[C@H]2CC(=O)N1CCS(O)(O)C1. The van der Waals surface area contributed by atoms with Crippen LogP contribution in [0.2, 0.25) is 5.02 Å². The summed E-state index contributed by atoms with van der Waals surface area (Å²) in [7, 11) is -2.70. The number of hydrogen-bond donors (Lipinski definition) is 2. The lowest BCUT2D eigenvalue weighted by molar-refractivity contribution is -0.130.